The highest BCUT2D eigenvalue weighted by Crippen LogP contribution is 2.28. The quantitative estimate of drug-likeness (QED) is 0.867. The summed E-state index contributed by atoms with van der Waals surface area (Å²) >= 11 is 8.19. The first kappa shape index (κ1) is 11.9. The number of hydrogen-bond donors (Lipinski definition) is 1. The molecule has 0 aliphatic heterocycles. The molecular weight excluding hydrogens is 338 g/mol. The van der Waals surface area contributed by atoms with Gasteiger partial charge in [-0.05, 0) is 40.8 Å². The lowest BCUT2D eigenvalue weighted by atomic mass is 10.2. The normalized spacial score (nSPS) is 10.7. The molecule has 0 aliphatic rings. The molecule has 5 heteroatoms. The molecule has 1 heterocycles. The van der Waals surface area contributed by atoms with Gasteiger partial charge in [0, 0.05) is 27.1 Å². The molecule has 0 fully saturated rings. The van der Waals surface area contributed by atoms with Crippen molar-refractivity contribution in [1.29, 1.82) is 0 Å². The molecule has 1 aromatic heterocycles. The van der Waals surface area contributed by atoms with Gasteiger partial charge < -0.3 is 10.2 Å². The minimum absolute atomic E-state index is 0.534. The number of hydrogen-bond acceptors (Lipinski definition) is 3. The summed E-state index contributed by atoms with van der Waals surface area (Å²) in [6, 6.07) is 5.67. The van der Waals surface area contributed by atoms with E-state index in [1.807, 2.05) is 18.2 Å². The molecule has 0 aliphatic carbocycles. The number of nitrogens with zero attached hydrogens (tertiary/aromatic N) is 1. The summed E-state index contributed by atoms with van der Waals surface area (Å²) in [5, 5.41) is 0.687. The molecule has 2 N–H and O–H groups in total. The molecule has 16 heavy (non-hydrogen) atoms. The van der Waals surface area contributed by atoms with E-state index in [1.54, 1.807) is 6.20 Å². The third-order valence-electron chi connectivity index (χ3n) is 2.11. The van der Waals surface area contributed by atoms with Gasteiger partial charge in [-0.2, -0.15) is 0 Å². The Bertz CT molecular complexity index is 498. The second kappa shape index (κ2) is 5.16. The van der Waals surface area contributed by atoms with Crippen LogP contribution in [-0.4, -0.2) is 11.5 Å². The van der Waals surface area contributed by atoms with E-state index in [0.29, 0.717) is 23.9 Å². The second-order valence-electron chi connectivity index (χ2n) is 3.28. The Kier molecular flexibility index (Phi) is 3.83. The lowest BCUT2D eigenvalue weighted by Gasteiger charge is -2.00. The van der Waals surface area contributed by atoms with E-state index in [1.165, 1.54) is 0 Å². The van der Waals surface area contributed by atoms with Crippen molar-refractivity contribution in [1.82, 2.24) is 4.98 Å². The summed E-state index contributed by atoms with van der Waals surface area (Å²) in [6.45, 7) is 0.534. The summed E-state index contributed by atoms with van der Waals surface area (Å²) < 4.78 is 6.67. The van der Waals surface area contributed by atoms with Gasteiger partial charge >= 0.3 is 0 Å². The molecule has 2 rings (SSSR count). The zero-order valence-corrected chi connectivity index (χ0v) is 11.3. The van der Waals surface area contributed by atoms with E-state index in [-0.39, 0.29) is 0 Å². The molecule has 0 unspecified atom stereocenters. The van der Waals surface area contributed by atoms with Crippen LogP contribution in [0, 0.1) is 3.57 Å². The topological polar surface area (TPSA) is 52.0 Å². The monoisotopic (exact) mass is 348 g/mol. The van der Waals surface area contributed by atoms with Crippen LogP contribution < -0.4 is 5.73 Å². The maximum Gasteiger partial charge on any atom is 0.196 e. The van der Waals surface area contributed by atoms with Crippen LogP contribution >= 0.6 is 34.2 Å². The van der Waals surface area contributed by atoms with E-state index >= 15 is 0 Å². The fraction of sp³-hybridized carbons (Fsp3) is 0.182. The van der Waals surface area contributed by atoms with Crippen LogP contribution in [0.15, 0.2) is 28.8 Å². The molecule has 84 valence electrons. The predicted octanol–water partition coefficient (Wildman–Crippen LogP) is 3.10. The third kappa shape index (κ3) is 2.56. The van der Waals surface area contributed by atoms with Crippen LogP contribution in [0.5, 0.6) is 0 Å². The van der Waals surface area contributed by atoms with E-state index in [4.69, 9.17) is 21.8 Å². The number of halogens is 2. The zero-order chi connectivity index (χ0) is 11.5. The van der Waals surface area contributed by atoms with Crippen LogP contribution in [0.25, 0.3) is 11.3 Å². The van der Waals surface area contributed by atoms with Crippen molar-refractivity contribution in [2.75, 3.05) is 6.54 Å². The number of nitrogens with two attached hydrogens (primary N) is 1. The molecule has 3 nitrogen and oxygen atoms in total. The van der Waals surface area contributed by atoms with E-state index in [9.17, 15) is 0 Å². The molecule has 1 aromatic carbocycles. The fourth-order valence-electron chi connectivity index (χ4n) is 1.36. The maximum atomic E-state index is 5.95. The highest BCUT2D eigenvalue weighted by Gasteiger charge is 2.09. The minimum atomic E-state index is 0.534. The number of aromatic nitrogens is 1. The summed E-state index contributed by atoms with van der Waals surface area (Å²) in [7, 11) is 0. The third-order valence-corrected chi connectivity index (χ3v) is 3.28. The molecule has 0 bridgehead atoms. The van der Waals surface area contributed by atoms with Crippen molar-refractivity contribution in [3.05, 3.63) is 38.9 Å². The molecule has 0 amide bonds. The van der Waals surface area contributed by atoms with E-state index in [0.717, 1.165) is 14.9 Å². The lowest BCUT2D eigenvalue weighted by molar-refractivity contribution is 0.508. The largest absolute Gasteiger partial charge is 0.441 e. The van der Waals surface area contributed by atoms with Gasteiger partial charge in [-0.1, -0.05) is 11.6 Å². The number of rotatable bonds is 3. The van der Waals surface area contributed by atoms with Crippen molar-refractivity contribution in [3.8, 4) is 11.3 Å². The SMILES string of the molecule is NCCc1ncc(-c2cc(Cl)ccc2I)o1. The lowest BCUT2D eigenvalue weighted by Crippen LogP contribution is -2.02. The Labute approximate surface area is 112 Å². The van der Waals surface area contributed by atoms with Crippen molar-refractivity contribution in [2.45, 2.75) is 6.42 Å². The molecule has 0 radical (unpaired) electrons. The minimum Gasteiger partial charge on any atom is -0.441 e. The molecule has 2 aromatic rings. The summed E-state index contributed by atoms with van der Waals surface area (Å²) in [5.74, 6) is 1.39. The zero-order valence-electron chi connectivity index (χ0n) is 8.41. The maximum absolute atomic E-state index is 5.95. The van der Waals surface area contributed by atoms with E-state index < -0.39 is 0 Å². The Hall–Kier alpha value is -0.590. The average Bonchev–Trinajstić information content (AvgIpc) is 2.71. The number of oxazole rings is 1. The van der Waals surface area contributed by atoms with Crippen molar-refractivity contribution >= 4 is 34.2 Å². The van der Waals surface area contributed by atoms with Gasteiger partial charge in [0.2, 0.25) is 0 Å². The molecular formula is C11H10ClIN2O. The van der Waals surface area contributed by atoms with Crippen LogP contribution in [0.4, 0.5) is 0 Å². The molecule has 0 saturated carbocycles. The first-order valence-electron chi connectivity index (χ1n) is 4.81. The standard InChI is InChI=1S/C11H10ClIN2O/c12-7-1-2-9(13)8(5-7)10-6-15-11(16-10)3-4-14/h1-2,5-6H,3-4,14H2. The Morgan fingerprint density at radius 2 is 2.25 bits per heavy atom. The first-order valence-corrected chi connectivity index (χ1v) is 6.26. The van der Waals surface area contributed by atoms with Crippen LogP contribution in [-0.2, 0) is 6.42 Å². The molecule has 0 atom stereocenters. The highest BCUT2D eigenvalue weighted by atomic mass is 127. The van der Waals surface area contributed by atoms with Gasteiger partial charge in [-0.15, -0.1) is 0 Å². The van der Waals surface area contributed by atoms with Crippen LogP contribution in [0.1, 0.15) is 5.89 Å². The fourth-order valence-corrected chi connectivity index (χ4v) is 2.13. The van der Waals surface area contributed by atoms with Gasteiger partial charge in [0.1, 0.15) is 0 Å². The van der Waals surface area contributed by atoms with Crippen molar-refractivity contribution < 1.29 is 4.42 Å². The van der Waals surface area contributed by atoms with Gasteiger partial charge in [0.05, 0.1) is 6.20 Å². The van der Waals surface area contributed by atoms with Gasteiger partial charge in [0.15, 0.2) is 11.7 Å². The van der Waals surface area contributed by atoms with Crippen molar-refractivity contribution in [2.24, 2.45) is 5.73 Å². The first-order chi connectivity index (χ1) is 7.70. The van der Waals surface area contributed by atoms with Crippen LogP contribution in [0.2, 0.25) is 5.02 Å². The Balaban J connectivity index is 2.38. The summed E-state index contributed by atoms with van der Waals surface area (Å²) in [4.78, 5) is 4.16. The predicted molar refractivity (Wildman–Crippen MR) is 72.4 cm³/mol. The smallest absolute Gasteiger partial charge is 0.196 e. The second-order valence-corrected chi connectivity index (χ2v) is 4.88. The Morgan fingerprint density at radius 1 is 1.44 bits per heavy atom. The number of benzene rings is 1. The van der Waals surface area contributed by atoms with Gasteiger partial charge in [-0.25, -0.2) is 4.98 Å². The van der Waals surface area contributed by atoms with Crippen LogP contribution in [0.3, 0.4) is 0 Å². The summed E-state index contributed by atoms with van der Waals surface area (Å²) in [5.41, 5.74) is 6.40. The Morgan fingerprint density at radius 3 is 3.00 bits per heavy atom. The average molecular weight is 349 g/mol. The molecule has 0 spiro atoms. The van der Waals surface area contributed by atoms with Gasteiger partial charge in [0.25, 0.3) is 0 Å². The van der Waals surface area contributed by atoms with Crippen molar-refractivity contribution in [3.63, 3.8) is 0 Å². The van der Waals surface area contributed by atoms with E-state index in [2.05, 4.69) is 27.6 Å². The summed E-state index contributed by atoms with van der Waals surface area (Å²) in [6.07, 6.45) is 2.36. The molecule has 0 saturated heterocycles. The van der Waals surface area contributed by atoms with Gasteiger partial charge in [-0.3, -0.25) is 0 Å². The highest BCUT2D eigenvalue weighted by molar-refractivity contribution is 14.1.